The Morgan fingerprint density at radius 2 is 1.93 bits per heavy atom. The van der Waals surface area contributed by atoms with Crippen molar-refractivity contribution in [2.45, 2.75) is 20.4 Å². The van der Waals surface area contributed by atoms with Crippen molar-refractivity contribution in [2.24, 2.45) is 7.05 Å². The monoisotopic (exact) mass is 438 g/mol. The number of rotatable bonds is 5. The van der Waals surface area contributed by atoms with E-state index >= 15 is 0 Å². The molecule has 3 rings (SSSR count). The SMILES string of the molecule is CCN1C(=O)C(=Cc2c(C)c(C#N)c(=O)n(C)c2N(C)Cc2ccccc2)SC1=S. The van der Waals surface area contributed by atoms with Crippen LogP contribution in [0, 0.1) is 18.3 Å². The van der Waals surface area contributed by atoms with E-state index in [0.29, 0.717) is 39.3 Å². The fourth-order valence-electron chi connectivity index (χ4n) is 3.51. The van der Waals surface area contributed by atoms with Crippen molar-refractivity contribution < 1.29 is 4.79 Å². The van der Waals surface area contributed by atoms with Crippen molar-refractivity contribution in [3.63, 3.8) is 0 Å². The number of carbonyl (C=O) groups excluding carboxylic acids is 1. The lowest BCUT2D eigenvalue weighted by molar-refractivity contribution is -0.121. The molecule has 1 aliphatic rings. The zero-order valence-electron chi connectivity index (χ0n) is 17.3. The van der Waals surface area contributed by atoms with E-state index < -0.39 is 0 Å². The van der Waals surface area contributed by atoms with E-state index in [2.05, 4.69) is 0 Å². The quantitative estimate of drug-likeness (QED) is 0.526. The molecule has 0 atom stereocenters. The lowest BCUT2D eigenvalue weighted by Crippen LogP contribution is -2.30. The summed E-state index contributed by atoms with van der Waals surface area (Å²) in [5, 5.41) is 9.55. The number of amides is 1. The van der Waals surface area contributed by atoms with Gasteiger partial charge < -0.3 is 4.90 Å². The molecule has 0 saturated carbocycles. The summed E-state index contributed by atoms with van der Waals surface area (Å²) in [5.74, 6) is 0.484. The fourth-order valence-corrected chi connectivity index (χ4v) is 4.88. The second-order valence-electron chi connectivity index (χ2n) is 6.98. The van der Waals surface area contributed by atoms with Gasteiger partial charge in [0.15, 0.2) is 0 Å². The van der Waals surface area contributed by atoms with E-state index in [9.17, 15) is 14.9 Å². The lowest BCUT2D eigenvalue weighted by Gasteiger charge is -2.26. The Morgan fingerprint density at radius 3 is 2.50 bits per heavy atom. The number of thiocarbonyl (C=S) groups is 1. The number of nitriles is 1. The number of aromatic nitrogens is 1. The molecule has 1 aliphatic heterocycles. The zero-order valence-corrected chi connectivity index (χ0v) is 18.9. The highest BCUT2D eigenvalue weighted by molar-refractivity contribution is 8.26. The highest BCUT2D eigenvalue weighted by atomic mass is 32.2. The Balaban J connectivity index is 2.19. The predicted octanol–water partition coefficient (Wildman–Crippen LogP) is 3.42. The van der Waals surface area contributed by atoms with E-state index in [1.54, 1.807) is 24.9 Å². The van der Waals surface area contributed by atoms with Crippen LogP contribution in [0.15, 0.2) is 40.0 Å². The Labute approximate surface area is 185 Å². The van der Waals surface area contributed by atoms with Gasteiger partial charge in [-0.1, -0.05) is 54.3 Å². The molecular weight excluding hydrogens is 416 g/mol. The van der Waals surface area contributed by atoms with Crippen LogP contribution in [-0.2, 0) is 18.4 Å². The molecule has 30 heavy (non-hydrogen) atoms. The van der Waals surface area contributed by atoms with Crippen LogP contribution in [0.1, 0.15) is 29.2 Å². The summed E-state index contributed by atoms with van der Waals surface area (Å²) in [6.45, 7) is 4.68. The van der Waals surface area contributed by atoms with Crippen LogP contribution in [0.2, 0.25) is 0 Å². The first kappa shape index (κ1) is 21.8. The van der Waals surface area contributed by atoms with Crippen LogP contribution in [0.5, 0.6) is 0 Å². The number of likely N-dealkylation sites (N-methyl/N-ethyl adjacent to an activating group) is 1. The summed E-state index contributed by atoms with van der Waals surface area (Å²) in [7, 11) is 3.54. The van der Waals surface area contributed by atoms with Crippen LogP contribution in [-0.4, -0.2) is 33.3 Å². The largest absolute Gasteiger partial charge is 0.356 e. The van der Waals surface area contributed by atoms with Crippen LogP contribution < -0.4 is 10.5 Å². The molecule has 1 amide bonds. The van der Waals surface area contributed by atoms with E-state index in [-0.39, 0.29) is 17.0 Å². The number of hydrogen-bond donors (Lipinski definition) is 0. The second-order valence-corrected chi connectivity index (χ2v) is 8.66. The van der Waals surface area contributed by atoms with Gasteiger partial charge in [-0.3, -0.25) is 19.1 Å². The number of nitrogens with zero attached hydrogens (tertiary/aromatic N) is 4. The van der Waals surface area contributed by atoms with E-state index in [1.807, 2.05) is 55.3 Å². The average molecular weight is 439 g/mol. The smallest absolute Gasteiger partial charge is 0.270 e. The molecule has 154 valence electrons. The Bertz CT molecular complexity index is 1150. The van der Waals surface area contributed by atoms with Crippen molar-refractivity contribution in [1.29, 1.82) is 5.26 Å². The molecule has 1 aromatic carbocycles. The summed E-state index contributed by atoms with van der Waals surface area (Å²) in [5.41, 5.74) is 2.02. The van der Waals surface area contributed by atoms with Crippen molar-refractivity contribution in [3.8, 4) is 6.07 Å². The maximum atomic E-state index is 12.8. The number of carbonyl (C=O) groups is 1. The van der Waals surface area contributed by atoms with Crippen molar-refractivity contribution in [1.82, 2.24) is 9.47 Å². The lowest BCUT2D eigenvalue weighted by atomic mass is 10.0. The first-order chi connectivity index (χ1) is 14.3. The van der Waals surface area contributed by atoms with E-state index in [0.717, 1.165) is 5.56 Å². The van der Waals surface area contributed by atoms with Gasteiger partial charge in [-0.15, -0.1) is 0 Å². The topological polar surface area (TPSA) is 69.3 Å². The third kappa shape index (κ3) is 3.91. The standard InChI is InChI=1S/C22H22N4O2S2/c1-5-26-21(28)18(30-22(26)29)11-16-14(2)17(12-23)20(27)25(4)19(16)24(3)13-15-9-7-6-8-10-15/h6-11H,5,13H2,1-4H3. The number of hydrogen-bond acceptors (Lipinski definition) is 6. The van der Waals surface area contributed by atoms with Crippen molar-refractivity contribution >= 4 is 46.1 Å². The van der Waals surface area contributed by atoms with Gasteiger partial charge in [-0.25, -0.2) is 0 Å². The molecule has 0 spiro atoms. The van der Waals surface area contributed by atoms with Crippen LogP contribution in [0.4, 0.5) is 5.82 Å². The molecule has 2 aromatic rings. The van der Waals surface area contributed by atoms with Gasteiger partial charge in [0.05, 0.1) is 4.91 Å². The Morgan fingerprint density at radius 1 is 1.27 bits per heavy atom. The van der Waals surface area contributed by atoms with Crippen LogP contribution in [0.25, 0.3) is 6.08 Å². The highest BCUT2D eigenvalue weighted by Crippen LogP contribution is 2.35. The highest BCUT2D eigenvalue weighted by Gasteiger charge is 2.31. The minimum Gasteiger partial charge on any atom is -0.356 e. The molecular formula is C22H22N4O2S2. The normalized spacial score (nSPS) is 15.0. The van der Waals surface area contributed by atoms with Crippen LogP contribution >= 0.6 is 24.0 Å². The third-order valence-electron chi connectivity index (χ3n) is 5.06. The minimum atomic E-state index is -0.358. The van der Waals surface area contributed by atoms with Gasteiger partial charge in [0, 0.05) is 32.7 Å². The van der Waals surface area contributed by atoms with Crippen molar-refractivity contribution in [2.75, 3.05) is 18.5 Å². The van der Waals surface area contributed by atoms with Gasteiger partial charge in [0.2, 0.25) is 0 Å². The zero-order chi connectivity index (χ0) is 22.0. The maximum absolute atomic E-state index is 12.8. The minimum absolute atomic E-state index is 0.0755. The first-order valence-electron chi connectivity index (χ1n) is 9.44. The molecule has 1 saturated heterocycles. The molecule has 1 fully saturated rings. The van der Waals surface area contributed by atoms with Gasteiger partial charge in [-0.2, -0.15) is 5.26 Å². The molecule has 6 nitrogen and oxygen atoms in total. The third-order valence-corrected chi connectivity index (χ3v) is 6.44. The Hall–Kier alpha value is -2.89. The number of benzene rings is 1. The summed E-state index contributed by atoms with van der Waals surface area (Å²) in [6, 6.07) is 11.9. The Kier molecular flexibility index (Phi) is 6.44. The van der Waals surface area contributed by atoms with E-state index in [4.69, 9.17) is 12.2 Å². The first-order valence-corrected chi connectivity index (χ1v) is 10.7. The van der Waals surface area contributed by atoms with Crippen molar-refractivity contribution in [3.05, 3.63) is 67.8 Å². The molecule has 0 radical (unpaired) electrons. The molecule has 2 heterocycles. The number of thioether (sulfide) groups is 1. The maximum Gasteiger partial charge on any atom is 0.270 e. The summed E-state index contributed by atoms with van der Waals surface area (Å²) >= 11 is 6.56. The van der Waals surface area contributed by atoms with Crippen LogP contribution in [0.3, 0.4) is 0 Å². The molecule has 0 N–H and O–H groups in total. The summed E-state index contributed by atoms with van der Waals surface area (Å²) in [4.78, 5) is 29.5. The number of anilines is 1. The fraction of sp³-hybridized carbons (Fsp3) is 0.273. The van der Waals surface area contributed by atoms with Gasteiger partial charge in [-0.05, 0) is 31.1 Å². The van der Waals surface area contributed by atoms with E-state index in [1.165, 1.54) is 16.3 Å². The average Bonchev–Trinajstić information content (AvgIpc) is 2.99. The molecule has 8 heteroatoms. The second kappa shape index (κ2) is 8.86. The van der Waals surface area contributed by atoms with Gasteiger partial charge in [0.25, 0.3) is 11.5 Å². The molecule has 0 unspecified atom stereocenters. The van der Waals surface area contributed by atoms with Gasteiger partial charge >= 0.3 is 0 Å². The number of pyridine rings is 1. The van der Waals surface area contributed by atoms with Gasteiger partial charge in [0.1, 0.15) is 21.8 Å². The molecule has 1 aromatic heterocycles. The molecule has 0 aliphatic carbocycles. The molecule has 0 bridgehead atoms. The summed E-state index contributed by atoms with van der Waals surface area (Å²) in [6.07, 6.45) is 1.75. The predicted molar refractivity (Wildman–Crippen MR) is 125 cm³/mol. The summed E-state index contributed by atoms with van der Waals surface area (Å²) < 4.78 is 1.98.